The molecule has 0 N–H and O–H groups in total. The van der Waals surface area contributed by atoms with E-state index in [1.54, 1.807) is 0 Å². The van der Waals surface area contributed by atoms with E-state index in [0.717, 1.165) is 38.3 Å². The van der Waals surface area contributed by atoms with Crippen LogP contribution in [0.25, 0.3) is 10.8 Å². The van der Waals surface area contributed by atoms with Gasteiger partial charge in [-0.3, -0.25) is 4.90 Å². The average molecular weight is 409 g/mol. The Morgan fingerprint density at radius 1 is 0.871 bits per heavy atom. The van der Waals surface area contributed by atoms with Crippen molar-refractivity contribution in [1.82, 2.24) is 9.88 Å². The maximum Gasteiger partial charge on any atom is 0.234 e. The second-order valence-corrected chi connectivity index (χ2v) is 7.94. The molecule has 3 aromatic carbocycles. The second kappa shape index (κ2) is 8.63. The highest BCUT2D eigenvalue weighted by atomic mass is 16.4. The third-order valence-corrected chi connectivity index (χ3v) is 5.89. The Morgan fingerprint density at radius 2 is 1.61 bits per heavy atom. The molecule has 31 heavy (non-hydrogen) atoms. The number of hydrogen-bond donors (Lipinski definition) is 0. The van der Waals surface area contributed by atoms with E-state index in [9.17, 15) is 5.26 Å². The number of fused-ring (bicyclic) bond motifs is 1. The first kappa shape index (κ1) is 19.3. The van der Waals surface area contributed by atoms with Crippen LogP contribution in [0, 0.1) is 11.3 Å². The predicted octanol–water partition coefficient (Wildman–Crippen LogP) is 4.61. The summed E-state index contributed by atoms with van der Waals surface area (Å²) in [5.41, 5.74) is 2.86. The molecule has 5 heteroatoms. The lowest BCUT2D eigenvalue weighted by Gasteiger charge is -2.34. The number of oxazole rings is 1. The molecule has 1 aromatic heterocycles. The maximum atomic E-state index is 9.64. The fourth-order valence-electron chi connectivity index (χ4n) is 4.28. The normalized spacial score (nSPS) is 14.6. The summed E-state index contributed by atoms with van der Waals surface area (Å²) >= 11 is 0. The van der Waals surface area contributed by atoms with Gasteiger partial charge >= 0.3 is 0 Å². The Balaban J connectivity index is 1.30. The van der Waals surface area contributed by atoms with Crippen molar-refractivity contribution < 1.29 is 4.42 Å². The van der Waals surface area contributed by atoms with Crippen LogP contribution in [0.5, 0.6) is 0 Å². The van der Waals surface area contributed by atoms with E-state index < -0.39 is 0 Å². The van der Waals surface area contributed by atoms with E-state index in [4.69, 9.17) is 4.42 Å². The Bertz CT molecular complexity index is 1210. The van der Waals surface area contributed by atoms with Crippen LogP contribution in [0.15, 0.2) is 77.2 Å². The molecule has 5 nitrogen and oxygen atoms in total. The van der Waals surface area contributed by atoms with Gasteiger partial charge in [0.1, 0.15) is 6.07 Å². The molecule has 0 atom stereocenters. The number of aromatic nitrogens is 1. The van der Waals surface area contributed by atoms with Gasteiger partial charge < -0.3 is 9.32 Å². The maximum absolute atomic E-state index is 9.64. The van der Waals surface area contributed by atoms with E-state index in [1.807, 2.05) is 18.2 Å². The van der Waals surface area contributed by atoms with Crippen LogP contribution in [0.2, 0.25) is 0 Å². The molecule has 1 saturated heterocycles. The number of rotatable bonds is 5. The largest absolute Gasteiger partial charge is 0.423 e. The van der Waals surface area contributed by atoms with E-state index >= 15 is 0 Å². The first-order chi connectivity index (χ1) is 15.3. The van der Waals surface area contributed by atoms with Gasteiger partial charge in [0.15, 0.2) is 0 Å². The molecule has 1 aliphatic heterocycles. The molecular weight excluding hydrogens is 384 g/mol. The monoisotopic (exact) mass is 408 g/mol. The SMILES string of the molecule is N#Cc1nc(Cc2cccc3ccccc23)oc1N1CCN(Cc2ccccc2)CC1. The minimum absolute atomic E-state index is 0.381. The minimum atomic E-state index is 0.381. The van der Waals surface area contributed by atoms with Gasteiger partial charge in [0.25, 0.3) is 0 Å². The van der Waals surface area contributed by atoms with Crippen LogP contribution < -0.4 is 4.90 Å². The van der Waals surface area contributed by atoms with Gasteiger partial charge in [-0.1, -0.05) is 72.8 Å². The van der Waals surface area contributed by atoms with Gasteiger partial charge in [-0.25, -0.2) is 4.98 Å². The molecule has 0 bridgehead atoms. The highest BCUT2D eigenvalue weighted by molar-refractivity contribution is 5.85. The summed E-state index contributed by atoms with van der Waals surface area (Å²) < 4.78 is 6.13. The number of nitrogens with zero attached hydrogens (tertiary/aromatic N) is 4. The summed E-state index contributed by atoms with van der Waals surface area (Å²) in [7, 11) is 0. The number of piperazine rings is 1. The zero-order valence-electron chi connectivity index (χ0n) is 17.4. The predicted molar refractivity (Wildman–Crippen MR) is 122 cm³/mol. The van der Waals surface area contributed by atoms with E-state index in [1.165, 1.54) is 16.3 Å². The van der Waals surface area contributed by atoms with E-state index in [-0.39, 0.29) is 0 Å². The second-order valence-electron chi connectivity index (χ2n) is 7.94. The lowest BCUT2D eigenvalue weighted by Crippen LogP contribution is -2.46. The van der Waals surface area contributed by atoms with Crippen LogP contribution in [0.3, 0.4) is 0 Å². The first-order valence-corrected chi connectivity index (χ1v) is 10.7. The summed E-state index contributed by atoms with van der Waals surface area (Å²) in [5, 5.41) is 12.0. The third-order valence-electron chi connectivity index (χ3n) is 5.89. The summed E-state index contributed by atoms with van der Waals surface area (Å²) in [6, 6.07) is 27.3. The molecule has 154 valence electrons. The first-order valence-electron chi connectivity index (χ1n) is 10.7. The van der Waals surface area contributed by atoms with Crippen molar-refractivity contribution in [3.8, 4) is 6.07 Å². The molecule has 4 aromatic rings. The lowest BCUT2D eigenvalue weighted by atomic mass is 10.0. The van der Waals surface area contributed by atoms with Crippen LogP contribution in [0.1, 0.15) is 22.7 Å². The van der Waals surface area contributed by atoms with Crippen molar-refractivity contribution in [2.24, 2.45) is 0 Å². The van der Waals surface area contributed by atoms with Crippen LogP contribution >= 0.6 is 0 Å². The molecule has 0 aliphatic carbocycles. The Morgan fingerprint density at radius 3 is 2.42 bits per heavy atom. The summed E-state index contributed by atoms with van der Waals surface area (Å²) in [5.74, 6) is 1.20. The van der Waals surface area contributed by atoms with Crippen LogP contribution in [-0.4, -0.2) is 36.1 Å². The number of hydrogen-bond acceptors (Lipinski definition) is 5. The van der Waals surface area contributed by atoms with E-state index in [0.29, 0.717) is 23.9 Å². The fraction of sp³-hybridized carbons (Fsp3) is 0.231. The number of anilines is 1. The van der Waals surface area contributed by atoms with Gasteiger partial charge in [-0.05, 0) is 21.9 Å². The minimum Gasteiger partial charge on any atom is -0.423 e. The molecule has 1 fully saturated rings. The van der Waals surface area contributed by atoms with Gasteiger partial charge in [-0.2, -0.15) is 5.26 Å². The highest BCUT2D eigenvalue weighted by Crippen LogP contribution is 2.27. The highest BCUT2D eigenvalue weighted by Gasteiger charge is 2.24. The standard InChI is InChI=1S/C26H24N4O/c27-18-24-26(30-15-13-29(14-16-30)19-20-7-2-1-3-8-20)31-25(28-24)17-22-11-6-10-21-9-4-5-12-23(21)22/h1-12H,13-17,19H2. The van der Waals surface area contributed by atoms with E-state index in [2.05, 4.69) is 75.5 Å². The molecule has 0 saturated carbocycles. The molecule has 0 unspecified atom stereocenters. The zero-order chi connectivity index (χ0) is 21.0. The molecule has 0 amide bonds. The molecule has 0 spiro atoms. The molecule has 1 aliphatic rings. The van der Waals surface area contributed by atoms with Crippen molar-refractivity contribution in [3.63, 3.8) is 0 Å². The summed E-state index contributed by atoms with van der Waals surface area (Å²) in [6.45, 7) is 4.45. The van der Waals surface area contributed by atoms with Crippen LogP contribution in [-0.2, 0) is 13.0 Å². The van der Waals surface area contributed by atoms with Gasteiger partial charge in [0.2, 0.25) is 17.5 Å². The van der Waals surface area contributed by atoms with Crippen LogP contribution in [0.4, 0.5) is 5.88 Å². The summed E-state index contributed by atoms with van der Waals surface area (Å²) in [4.78, 5) is 9.10. The molecule has 5 rings (SSSR count). The Labute approximate surface area is 182 Å². The van der Waals surface area contributed by atoms with Crippen molar-refractivity contribution in [2.45, 2.75) is 13.0 Å². The molecule has 2 heterocycles. The topological polar surface area (TPSA) is 56.3 Å². The van der Waals surface area contributed by atoms with Crippen molar-refractivity contribution in [3.05, 3.63) is 95.5 Å². The zero-order valence-corrected chi connectivity index (χ0v) is 17.4. The smallest absolute Gasteiger partial charge is 0.234 e. The fourth-order valence-corrected chi connectivity index (χ4v) is 4.28. The number of benzene rings is 3. The molecule has 0 radical (unpaired) electrons. The van der Waals surface area contributed by atoms with Gasteiger partial charge in [-0.15, -0.1) is 0 Å². The van der Waals surface area contributed by atoms with Crippen molar-refractivity contribution >= 4 is 16.7 Å². The quantitative estimate of drug-likeness (QED) is 0.483. The summed E-state index contributed by atoms with van der Waals surface area (Å²) in [6.07, 6.45) is 0.573. The van der Waals surface area contributed by atoms with Crippen molar-refractivity contribution in [2.75, 3.05) is 31.1 Å². The number of nitriles is 1. The van der Waals surface area contributed by atoms with Gasteiger partial charge in [0.05, 0.1) is 6.42 Å². The lowest BCUT2D eigenvalue weighted by molar-refractivity contribution is 0.245. The third kappa shape index (κ3) is 4.16. The van der Waals surface area contributed by atoms with Crippen molar-refractivity contribution in [1.29, 1.82) is 5.26 Å². The Kier molecular flexibility index (Phi) is 5.39. The molecular formula is C26H24N4O. The average Bonchev–Trinajstić information content (AvgIpc) is 3.23. The van der Waals surface area contributed by atoms with Gasteiger partial charge in [0, 0.05) is 32.7 Å². The Hall–Kier alpha value is -3.62.